The molecular formula is C18H27N3O. The number of aromatic nitrogens is 1. The van der Waals surface area contributed by atoms with Crippen LogP contribution >= 0.6 is 0 Å². The summed E-state index contributed by atoms with van der Waals surface area (Å²) < 4.78 is 0. The quantitative estimate of drug-likeness (QED) is 0.858. The van der Waals surface area contributed by atoms with Gasteiger partial charge in [-0.05, 0) is 43.7 Å². The van der Waals surface area contributed by atoms with Gasteiger partial charge in [0.15, 0.2) is 0 Å². The molecule has 2 aliphatic heterocycles. The van der Waals surface area contributed by atoms with Crippen molar-refractivity contribution in [3.8, 4) is 0 Å². The van der Waals surface area contributed by atoms with Crippen molar-refractivity contribution in [1.82, 2.24) is 14.8 Å². The molecule has 1 aromatic rings. The van der Waals surface area contributed by atoms with Crippen molar-refractivity contribution < 1.29 is 4.79 Å². The number of nitrogens with zero attached hydrogens (tertiary/aromatic N) is 3. The minimum Gasteiger partial charge on any atom is -0.335 e. The predicted octanol–water partition coefficient (Wildman–Crippen LogP) is 2.79. The molecule has 3 rings (SSSR count). The molecular weight excluding hydrogens is 274 g/mol. The number of pyridine rings is 1. The predicted molar refractivity (Wildman–Crippen MR) is 87.6 cm³/mol. The topological polar surface area (TPSA) is 36.4 Å². The molecule has 0 saturated carbocycles. The molecule has 0 spiro atoms. The zero-order valence-electron chi connectivity index (χ0n) is 14.0. The first kappa shape index (κ1) is 15.5. The van der Waals surface area contributed by atoms with E-state index in [1.807, 2.05) is 23.1 Å². The Morgan fingerprint density at radius 2 is 2.14 bits per heavy atom. The van der Waals surface area contributed by atoms with E-state index in [4.69, 9.17) is 0 Å². The number of carbonyl (C=O) groups excluding carboxylic acids is 1. The number of rotatable bonds is 4. The van der Waals surface area contributed by atoms with Crippen LogP contribution in [0, 0.1) is 11.8 Å². The summed E-state index contributed by atoms with van der Waals surface area (Å²) in [4.78, 5) is 21.6. The molecule has 2 saturated heterocycles. The molecule has 1 atom stereocenters. The average molecular weight is 301 g/mol. The zero-order chi connectivity index (χ0) is 15.7. The van der Waals surface area contributed by atoms with Gasteiger partial charge in [0.1, 0.15) is 5.69 Å². The molecule has 1 unspecified atom stereocenters. The fourth-order valence-electron chi connectivity index (χ4n) is 3.46. The third-order valence-corrected chi connectivity index (χ3v) is 5.15. The van der Waals surface area contributed by atoms with E-state index in [0.717, 1.165) is 56.6 Å². The Hall–Kier alpha value is -1.42. The Morgan fingerprint density at radius 3 is 2.77 bits per heavy atom. The molecule has 22 heavy (non-hydrogen) atoms. The second-order valence-corrected chi connectivity index (χ2v) is 7.20. The van der Waals surface area contributed by atoms with Crippen LogP contribution in [-0.2, 0) is 6.54 Å². The van der Waals surface area contributed by atoms with E-state index in [0.29, 0.717) is 11.7 Å². The number of hydrogen-bond acceptors (Lipinski definition) is 3. The van der Waals surface area contributed by atoms with Crippen LogP contribution in [-0.4, -0.2) is 46.4 Å². The van der Waals surface area contributed by atoms with E-state index in [1.54, 1.807) is 0 Å². The van der Waals surface area contributed by atoms with Crippen LogP contribution in [0.2, 0.25) is 0 Å². The summed E-state index contributed by atoms with van der Waals surface area (Å²) in [5.74, 6) is 1.67. The van der Waals surface area contributed by atoms with Crippen LogP contribution in [0.15, 0.2) is 18.2 Å². The lowest BCUT2D eigenvalue weighted by molar-refractivity contribution is 0.0600. The van der Waals surface area contributed by atoms with Crippen LogP contribution in [0.4, 0.5) is 0 Å². The largest absolute Gasteiger partial charge is 0.335 e. The Kier molecular flexibility index (Phi) is 4.48. The highest BCUT2D eigenvalue weighted by molar-refractivity contribution is 5.92. The Morgan fingerprint density at radius 1 is 1.36 bits per heavy atom. The molecule has 3 heterocycles. The first-order chi connectivity index (χ1) is 10.5. The summed E-state index contributed by atoms with van der Waals surface area (Å²) in [6, 6.07) is 6.20. The van der Waals surface area contributed by atoms with E-state index < -0.39 is 0 Å². The molecule has 0 bridgehead atoms. The molecule has 0 aliphatic carbocycles. The number of carbonyl (C=O) groups is 1. The van der Waals surface area contributed by atoms with Crippen LogP contribution in [0.1, 0.15) is 49.8 Å². The summed E-state index contributed by atoms with van der Waals surface area (Å²) in [6.07, 6.45) is 2.22. The molecule has 4 heteroatoms. The van der Waals surface area contributed by atoms with Gasteiger partial charge in [-0.25, -0.2) is 4.98 Å². The maximum atomic E-state index is 12.6. The first-order valence-corrected chi connectivity index (χ1v) is 8.54. The summed E-state index contributed by atoms with van der Waals surface area (Å²) in [6.45, 7) is 10.7. The fraction of sp³-hybridized carbons (Fsp3) is 0.667. The van der Waals surface area contributed by atoms with Crippen LogP contribution in [0.5, 0.6) is 0 Å². The lowest BCUT2D eigenvalue weighted by Gasteiger charge is -2.41. The smallest absolute Gasteiger partial charge is 0.272 e. The third-order valence-electron chi connectivity index (χ3n) is 5.15. The fourth-order valence-corrected chi connectivity index (χ4v) is 3.46. The average Bonchev–Trinajstić information content (AvgIpc) is 2.87. The summed E-state index contributed by atoms with van der Waals surface area (Å²) in [5.41, 5.74) is 1.62. The minimum atomic E-state index is 0.0931. The molecule has 2 fully saturated rings. The van der Waals surface area contributed by atoms with E-state index >= 15 is 0 Å². The van der Waals surface area contributed by atoms with Crippen molar-refractivity contribution in [3.05, 3.63) is 29.6 Å². The van der Waals surface area contributed by atoms with Crippen LogP contribution in [0.25, 0.3) is 0 Å². The highest BCUT2D eigenvalue weighted by Gasteiger charge is 2.30. The highest BCUT2D eigenvalue weighted by atomic mass is 16.2. The molecule has 2 aliphatic rings. The third kappa shape index (κ3) is 3.17. The van der Waals surface area contributed by atoms with Crippen molar-refractivity contribution in [2.24, 2.45) is 11.8 Å². The van der Waals surface area contributed by atoms with Gasteiger partial charge in [0.2, 0.25) is 0 Å². The number of likely N-dealkylation sites (tertiary alicyclic amines) is 2. The highest BCUT2D eigenvalue weighted by Crippen LogP contribution is 2.25. The molecule has 120 valence electrons. The second-order valence-electron chi connectivity index (χ2n) is 7.20. The van der Waals surface area contributed by atoms with E-state index in [9.17, 15) is 4.79 Å². The standard InChI is InChI=1S/C18H27N3O/c1-13(2)15-10-20(11-15)12-16-7-4-8-17(19-16)18(22)21-9-5-6-14(21)3/h4,7-8,13-15H,5-6,9-12H2,1-3H3. The SMILES string of the molecule is CC(C)C1CN(Cc2cccc(C(=O)N3CCCC3C)n2)C1. The Balaban J connectivity index is 1.62. The summed E-state index contributed by atoms with van der Waals surface area (Å²) in [7, 11) is 0. The Labute approximate surface area is 133 Å². The van der Waals surface area contributed by atoms with Crippen molar-refractivity contribution in [1.29, 1.82) is 0 Å². The Bertz CT molecular complexity index is 537. The van der Waals surface area contributed by atoms with Crippen molar-refractivity contribution in [2.45, 2.75) is 46.2 Å². The van der Waals surface area contributed by atoms with Gasteiger partial charge in [0, 0.05) is 32.2 Å². The molecule has 0 aromatic carbocycles. The monoisotopic (exact) mass is 301 g/mol. The maximum absolute atomic E-state index is 12.6. The molecule has 4 nitrogen and oxygen atoms in total. The number of amides is 1. The lowest BCUT2D eigenvalue weighted by Crippen LogP contribution is -2.48. The van der Waals surface area contributed by atoms with Gasteiger partial charge < -0.3 is 4.90 Å². The van der Waals surface area contributed by atoms with E-state index in [-0.39, 0.29) is 5.91 Å². The number of hydrogen-bond donors (Lipinski definition) is 0. The van der Waals surface area contributed by atoms with Gasteiger partial charge >= 0.3 is 0 Å². The maximum Gasteiger partial charge on any atom is 0.272 e. The van der Waals surface area contributed by atoms with Crippen molar-refractivity contribution in [2.75, 3.05) is 19.6 Å². The first-order valence-electron chi connectivity index (χ1n) is 8.54. The molecule has 0 radical (unpaired) electrons. The second kappa shape index (κ2) is 6.37. The van der Waals surface area contributed by atoms with Gasteiger partial charge in [-0.2, -0.15) is 0 Å². The van der Waals surface area contributed by atoms with Gasteiger partial charge in [-0.1, -0.05) is 19.9 Å². The van der Waals surface area contributed by atoms with Gasteiger partial charge in [0.05, 0.1) is 5.69 Å². The van der Waals surface area contributed by atoms with E-state index in [1.165, 1.54) is 0 Å². The summed E-state index contributed by atoms with van der Waals surface area (Å²) in [5, 5.41) is 0. The lowest BCUT2D eigenvalue weighted by atomic mass is 9.88. The minimum absolute atomic E-state index is 0.0931. The van der Waals surface area contributed by atoms with Gasteiger partial charge in [-0.3, -0.25) is 9.69 Å². The summed E-state index contributed by atoms with van der Waals surface area (Å²) >= 11 is 0. The van der Waals surface area contributed by atoms with Crippen LogP contribution in [0.3, 0.4) is 0 Å². The van der Waals surface area contributed by atoms with Gasteiger partial charge in [-0.15, -0.1) is 0 Å². The molecule has 1 amide bonds. The van der Waals surface area contributed by atoms with Crippen LogP contribution < -0.4 is 0 Å². The van der Waals surface area contributed by atoms with E-state index in [2.05, 4.69) is 30.7 Å². The normalized spacial score (nSPS) is 23.1. The van der Waals surface area contributed by atoms with Gasteiger partial charge in [0.25, 0.3) is 5.91 Å². The molecule has 1 aromatic heterocycles. The molecule has 0 N–H and O–H groups in total. The van der Waals surface area contributed by atoms with Crippen molar-refractivity contribution >= 4 is 5.91 Å². The zero-order valence-corrected chi connectivity index (χ0v) is 14.0. The van der Waals surface area contributed by atoms with Crippen molar-refractivity contribution in [3.63, 3.8) is 0 Å².